The van der Waals surface area contributed by atoms with Crippen LogP contribution in [0.3, 0.4) is 0 Å². The van der Waals surface area contributed by atoms with Gasteiger partial charge in [0, 0.05) is 27.9 Å². The highest BCUT2D eigenvalue weighted by Crippen LogP contribution is 2.35. The van der Waals surface area contributed by atoms with Crippen LogP contribution in [0.25, 0.3) is 11.0 Å². The van der Waals surface area contributed by atoms with Gasteiger partial charge in [0.05, 0.1) is 6.04 Å². The van der Waals surface area contributed by atoms with Gasteiger partial charge in [0.15, 0.2) is 0 Å². The van der Waals surface area contributed by atoms with Crippen LogP contribution in [-0.2, 0) is 0 Å². The minimum absolute atomic E-state index is 0.325. The third kappa shape index (κ3) is 3.02. The summed E-state index contributed by atoms with van der Waals surface area (Å²) in [5.41, 5.74) is 2.29. The van der Waals surface area contributed by atoms with Crippen LogP contribution in [0.2, 0.25) is 0 Å². The van der Waals surface area contributed by atoms with Crippen molar-refractivity contribution < 1.29 is 4.42 Å². The minimum atomic E-state index is 0.325. The van der Waals surface area contributed by atoms with Gasteiger partial charge in [-0.2, -0.15) is 23.5 Å². The van der Waals surface area contributed by atoms with Crippen molar-refractivity contribution in [3.63, 3.8) is 0 Å². The Morgan fingerprint density at radius 1 is 1.35 bits per heavy atom. The van der Waals surface area contributed by atoms with E-state index < -0.39 is 0 Å². The first kappa shape index (κ1) is 14.4. The lowest BCUT2D eigenvalue weighted by atomic mass is 10.1. The fraction of sp³-hybridized carbons (Fsp3) is 0.500. The molecule has 1 saturated heterocycles. The van der Waals surface area contributed by atoms with Gasteiger partial charge in [-0.25, -0.2) is 0 Å². The molecular weight excluding hydrogens is 286 g/mol. The molecule has 0 radical (unpaired) electrons. The summed E-state index contributed by atoms with van der Waals surface area (Å²) in [6.45, 7) is 5.27. The van der Waals surface area contributed by atoms with Gasteiger partial charge in [0.1, 0.15) is 11.3 Å². The second kappa shape index (κ2) is 6.46. The van der Waals surface area contributed by atoms with E-state index in [1.165, 1.54) is 28.2 Å². The quantitative estimate of drug-likeness (QED) is 0.913. The van der Waals surface area contributed by atoms with Gasteiger partial charge >= 0.3 is 0 Å². The van der Waals surface area contributed by atoms with E-state index >= 15 is 0 Å². The molecule has 2 atom stereocenters. The SMILES string of the molecule is CCNC(c1cc2cc(C)ccc2o1)C1CSCCS1. The molecule has 2 aromatic rings. The zero-order valence-electron chi connectivity index (χ0n) is 12.0. The second-order valence-corrected chi connectivity index (χ2v) is 7.71. The Balaban J connectivity index is 1.91. The lowest BCUT2D eigenvalue weighted by molar-refractivity contribution is 0.436. The number of rotatable bonds is 4. The van der Waals surface area contributed by atoms with E-state index in [1.54, 1.807) is 0 Å². The maximum atomic E-state index is 6.11. The molecule has 2 unspecified atom stereocenters. The molecule has 0 aliphatic carbocycles. The summed E-state index contributed by atoms with van der Waals surface area (Å²) in [6.07, 6.45) is 0. The van der Waals surface area contributed by atoms with Crippen molar-refractivity contribution in [2.75, 3.05) is 23.8 Å². The lowest BCUT2D eigenvalue weighted by Gasteiger charge is -2.28. The standard InChI is InChI=1S/C16H21NOS2/c1-3-17-16(15-10-19-6-7-20-15)14-9-12-8-11(2)4-5-13(12)18-14/h4-5,8-9,15-17H,3,6-7,10H2,1-2H3. The smallest absolute Gasteiger partial charge is 0.134 e. The number of fused-ring (bicyclic) bond motifs is 1. The first-order valence-corrected chi connectivity index (χ1v) is 9.41. The largest absolute Gasteiger partial charge is 0.459 e. The lowest BCUT2D eigenvalue weighted by Crippen LogP contribution is -2.33. The van der Waals surface area contributed by atoms with E-state index in [2.05, 4.69) is 67.0 Å². The Morgan fingerprint density at radius 3 is 3.00 bits per heavy atom. The van der Waals surface area contributed by atoms with Crippen LogP contribution in [-0.4, -0.2) is 29.1 Å². The summed E-state index contributed by atoms with van der Waals surface area (Å²) >= 11 is 4.13. The van der Waals surface area contributed by atoms with Crippen molar-refractivity contribution in [3.8, 4) is 0 Å². The van der Waals surface area contributed by atoms with Crippen LogP contribution in [0.5, 0.6) is 0 Å². The molecule has 2 heterocycles. The summed E-state index contributed by atoms with van der Waals surface area (Å²) < 4.78 is 6.11. The number of nitrogens with one attached hydrogen (secondary N) is 1. The average molecular weight is 307 g/mol. The number of hydrogen-bond acceptors (Lipinski definition) is 4. The highest BCUT2D eigenvalue weighted by atomic mass is 32.2. The van der Waals surface area contributed by atoms with E-state index in [9.17, 15) is 0 Å². The second-order valence-electron chi connectivity index (χ2n) is 5.21. The number of benzene rings is 1. The summed E-state index contributed by atoms with van der Waals surface area (Å²) in [5, 5.41) is 5.44. The van der Waals surface area contributed by atoms with Crippen molar-refractivity contribution in [3.05, 3.63) is 35.6 Å². The molecule has 1 N–H and O–H groups in total. The Hall–Kier alpha value is -0.580. The van der Waals surface area contributed by atoms with E-state index in [1.807, 2.05) is 0 Å². The molecule has 1 aliphatic heterocycles. The van der Waals surface area contributed by atoms with Crippen molar-refractivity contribution in [1.29, 1.82) is 0 Å². The van der Waals surface area contributed by atoms with Crippen LogP contribution < -0.4 is 5.32 Å². The van der Waals surface area contributed by atoms with Gasteiger partial charge < -0.3 is 9.73 Å². The van der Waals surface area contributed by atoms with Gasteiger partial charge in [-0.1, -0.05) is 18.6 Å². The van der Waals surface area contributed by atoms with E-state index in [-0.39, 0.29) is 0 Å². The normalized spacial score (nSPS) is 21.2. The van der Waals surface area contributed by atoms with Crippen molar-refractivity contribution in [1.82, 2.24) is 5.32 Å². The third-order valence-electron chi connectivity index (χ3n) is 3.63. The highest BCUT2D eigenvalue weighted by Gasteiger charge is 2.28. The highest BCUT2D eigenvalue weighted by molar-refractivity contribution is 8.06. The summed E-state index contributed by atoms with van der Waals surface area (Å²) in [6, 6.07) is 8.94. The molecule has 3 rings (SSSR count). The number of aryl methyl sites for hydroxylation is 1. The molecule has 0 bridgehead atoms. The maximum Gasteiger partial charge on any atom is 0.134 e. The molecule has 108 valence electrons. The monoisotopic (exact) mass is 307 g/mol. The van der Waals surface area contributed by atoms with Crippen LogP contribution in [0.4, 0.5) is 0 Å². The van der Waals surface area contributed by atoms with Gasteiger partial charge in [0.25, 0.3) is 0 Å². The van der Waals surface area contributed by atoms with Crippen LogP contribution in [0.1, 0.15) is 24.3 Å². The minimum Gasteiger partial charge on any atom is -0.459 e. The molecule has 1 fully saturated rings. The maximum absolute atomic E-state index is 6.11. The summed E-state index contributed by atoms with van der Waals surface area (Å²) in [5.74, 6) is 4.82. The Bertz CT molecular complexity index is 575. The topological polar surface area (TPSA) is 25.2 Å². The fourth-order valence-electron chi connectivity index (χ4n) is 2.67. The molecule has 4 heteroatoms. The first-order chi connectivity index (χ1) is 9.78. The zero-order chi connectivity index (χ0) is 13.9. The molecule has 0 spiro atoms. The molecule has 2 nitrogen and oxygen atoms in total. The predicted octanol–water partition coefficient (Wildman–Crippen LogP) is 4.24. The predicted molar refractivity (Wildman–Crippen MR) is 90.9 cm³/mol. The van der Waals surface area contributed by atoms with Gasteiger partial charge in [-0.05, 0) is 31.7 Å². The number of furan rings is 1. The van der Waals surface area contributed by atoms with Crippen LogP contribution >= 0.6 is 23.5 Å². The zero-order valence-corrected chi connectivity index (χ0v) is 13.7. The van der Waals surface area contributed by atoms with Gasteiger partial charge in [-0.3, -0.25) is 0 Å². The number of hydrogen-bond donors (Lipinski definition) is 1. The summed E-state index contributed by atoms with van der Waals surface area (Å²) in [4.78, 5) is 0. The molecule has 0 amide bonds. The Kier molecular flexibility index (Phi) is 4.64. The Labute approximate surface area is 129 Å². The van der Waals surface area contributed by atoms with Gasteiger partial charge in [0.2, 0.25) is 0 Å². The first-order valence-electron chi connectivity index (χ1n) is 7.20. The molecule has 0 saturated carbocycles. The third-order valence-corrected chi connectivity index (χ3v) is 6.50. The van der Waals surface area contributed by atoms with Crippen LogP contribution in [0, 0.1) is 6.92 Å². The van der Waals surface area contributed by atoms with E-state index in [0.29, 0.717) is 11.3 Å². The average Bonchev–Trinajstić information content (AvgIpc) is 2.88. The van der Waals surface area contributed by atoms with Gasteiger partial charge in [-0.15, -0.1) is 0 Å². The summed E-state index contributed by atoms with van der Waals surface area (Å²) in [7, 11) is 0. The molecule has 20 heavy (non-hydrogen) atoms. The fourth-order valence-corrected chi connectivity index (χ4v) is 5.52. The van der Waals surface area contributed by atoms with E-state index in [0.717, 1.165) is 17.9 Å². The molecule has 1 aromatic carbocycles. The Morgan fingerprint density at radius 2 is 2.25 bits per heavy atom. The van der Waals surface area contributed by atoms with Crippen molar-refractivity contribution >= 4 is 34.5 Å². The van der Waals surface area contributed by atoms with Crippen LogP contribution in [0.15, 0.2) is 28.7 Å². The van der Waals surface area contributed by atoms with Crippen molar-refractivity contribution in [2.45, 2.75) is 25.1 Å². The van der Waals surface area contributed by atoms with E-state index in [4.69, 9.17) is 4.42 Å². The van der Waals surface area contributed by atoms with Crippen molar-refractivity contribution in [2.24, 2.45) is 0 Å². The molecule has 1 aromatic heterocycles. The number of thioether (sulfide) groups is 2. The molecule has 1 aliphatic rings. The molecular formula is C16H21NOS2.